The number of likely N-dealkylation sites (N-methyl/N-ethyl adjacent to an activating group) is 1. The van der Waals surface area contributed by atoms with Gasteiger partial charge in [-0.3, -0.25) is 9.69 Å². The van der Waals surface area contributed by atoms with Crippen LogP contribution in [0.15, 0.2) is 24.5 Å². The maximum Gasteiger partial charge on any atom is 0.223 e. The van der Waals surface area contributed by atoms with E-state index in [1.54, 1.807) is 6.20 Å². The van der Waals surface area contributed by atoms with Gasteiger partial charge >= 0.3 is 0 Å². The fourth-order valence-electron chi connectivity index (χ4n) is 3.36. The first-order valence-corrected chi connectivity index (χ1v) is 7.95. The predicted molar refractivity (Wildman–Crippen MR) is 81.6 cm³/mol. The Morgan fingerprint density at radius 1 is 1.48 bits per heavy atom. The molecule has 0 spiro atoms. The van der Waals surface area contributed by atoms with Crippen molar-refractivity contribution in [3.05, 3.63) is 30.4 Å². The first kappa shape index (κ1) is 14.3. The minimum atomic E-state index is 0.196. The molecule has 1 aliphatic carbocycles. The van der Waals surface area contributed by atoms with E-state index in [2.05, 4.69) is 33.9 Å². The number of hydrogen-bond donors (Lipinski definition) is 1. The third-order valence-electron chi connectivity index (χ3n) is 4.63. The summed E-state index contributed by atoms with van der Waals surface area (Å²) >= 11 is 0. The van der Waals surface area contributed by atoms with Gasteiger partial charge in [0.25, 0.3) is 0 Å². The Kier molecular flexibility index (Phi) is 4.39. The minimum Gasteiger partial charge on any atom is -0.347 e. The van der Waals surface area contributed by atoms with Gasteiger partial charge in [-0.05, 0) is 25.3 Å². The normalized spacial score (nSPS) is 26.4. The van der Waals surface area contributed by atoms with Crippen LogP contribution >= 0.6 is 0 Å². The average molecular weight is 288 g/mol. The number of H-pyrrole nitrogens is 1. The number of hydrogen-bond acceptors (Lipinski definition) is 3. The van der Waals surface area contributed by atoms with Crippen LogP contribution in [0.4, 0.5) is 0 Å². The van der Waals surface area contributed by atoms with Crippen molar-refractivity contribution in [2.24, 2.45) is 5.92 Å². The Labute approximate surface area is 126 Å². The van der Waals surface area contributed by atoms with Crippen LogP contribution in [0.25, 0.3) is 0 Å². The van der Waals surface area contributed by atoms with E-state index in [9.17, 15) is 4.79 Å². The van der Waals surface area contributed by atoms with Gasteiger partial charge in [-0.25, -0.2) is 4.98 Å². The standard InChI is InChI=1S/C16H24N4O/c1-2-19-9-10-20(12-14(19)16-17-7-8-18-16)15(21)11-13-5-3-4-6-13/h3,5,7-8,13-14H,2,4,6,9-12H2,1H3,(H,17,18). The third-order valence-corrected chi connectivity index (χ3v) is 4.63. The van der Waals surface area contributed by atoms with Gasteiger partial charge in [0.05, 0.1) is 6.04 Å². The molecule has 0 aromatic carbocycles. The molecule has 2 aliphatic rings. The highest BCUT2D eigenvalue weighted by Gasteiger charge is 2.31. The van der Waals surface area contributed by atoms with Crippen molar-refractivity contribution in [1.29, 1.82) is 0 Å². The monoisotopic (exact) mass is 288 g/mol. The van der Waals surface area contributed by atoms with Crippen molar-refractivity contribution < 1.29 is 4.79 Å². The van der Waals surface area contributed by atoms with Gasteiger partial charge in [0.1, 0.15) is 5.82 Å². The highest BCUT2D eigenvalue weighted by Crippen LogP contribution is 2.25. The Balaban J connectivity index is 1.64. The average Bonchev–Trinajstić information content (AvgIpc) is 3.19. The van der Waals surface area contributed by atoms with Crippen molar-refractivity contribution in [2.45, 2.75) is 32.2 Å². The second-order valence-electron chi connectivity index (χ2n) is 5.93. The van der Waals surface area contributed by atoms with Crippen LogP contribution in [0.5, 0.6) is 0 Å². The van der Waals surface area contributed by atoms with Gasteiger partial charge < -0.3 is 9.88 Å². The third kappa shape index (κ3) is 3.18. The molecule has 2 heterocycles. The van der Waals surface area contributed by atoms with E-state index in [1.165, 1.54) is 0 Å². The van der Waals surface area contributed by atoms with Crippen LogP contribution in [0.2, 0.25) is 0 Å². The SMILES string of the molecule is CCN1CCN(C(=O)CC2C=CCC2)CC1c1ncc[nH]1. The van der Waals surface area contributed by atoms with E-state index >= 15 is 0 Å². The number of rotatable bonds is 4. The largest absolute Gasteiger partial charge is 0.347 e. The number of imidazole rings is 1. The van der Waals surface area contributed by atoms with Crippen LogP contribution < -0.4 is 0 Å². The lowest BCUT2D eigenvalue weighted by Gasteiger charge is -2.40. The van der Waals surface area contributed by atoms with Crippen LogP contribution in [-0.2, 0) is 4.79 Å². The Morgan fingerprint density at radius 2 is 2.38 bits per heavy atom. The van der Waals surface area contributed by atoms with Crippen molar-refractivity contribution in [1.82, 2.24) is 19.8 Å². The van der Waals surface area contributed by atoms with Gasteiger partial charge in [0.2, 0.25) is 5.91 Å². The summed E-state index contributed by atoms with van der Waals surface area (Å²) in [5, 5.41) is 0. The molecule has 1 amide bonds. The predicted octanol–water partition coefficient (Wildman–Crippen LogP) is 1.97. The molecule has 1 aliphatic heterocycles. The number of amides is 1. The van der Waals surface area contributed by atoms with E-state index in [4.69, 9.17) is 0 Å². The van der Waals surface area contributed by atoms with Crippen LogP contribution in [0.3, 0.4) is 0 Å². The number of piperazine rings is 1. The Morgan fingerprint density at radius 3 is 3.05 bits per heavy atom. The zero-order valence-electron chi connectivity index (χ0n) is 12.7. The molecule has 5 nitrogen and oxygen atoms in total. The number of carbonyl (C=O) groups is 1. The molecule has 0 bridgehead atoms. The van der Waals surface area contributed by atoms with E-state index < -0.39 is 0 Å². The number of nitrogens with one attached hydrogen (secondary N) is 1. The zero-order valence-corrected chi connectivity index (χ0v) is 12.7. The van der Waals surface area contributed by atoms with Crippen molar-refractivity contribution in [2.75, 3.05) is 26.2 Å². The number of aromatic amines is 1. The molecule has 21 heavy (non-hydrogen) atoms. The molecule has 1 N–H and O–H groups in total. The second kappa shape index (κ2) is 6.43. The fraction of sp³-hybridized carbons (Fsp3) is 0.625. The summed E-state index contributed by atoms with van der Waals surface area (Å²) in [6.45, 7) is 5.65. The fourth-order valence-corrected chi connectivity index (χ4v) is 3.36. The topological polar surface area (TPSA) is 52.2 Å². The number of allylic oxidation sites excluding steroid dienone is 2. The van der Waals surface area contributed by atoms with Crippen LogP contribution in [0, 0.1) is 5.92 Å². The molecule has 2 atom stereocenters. The molecule has 1 fully saturated rings. The summed E-state index contributed by atoms with van der Waals surface area (Å²) in [6, 6.07) is 0.196. The molecule has 0 radical (unpaired) electrons. The van der Waals surface area contributed by atoms with Gasteiger partial charge in [-0.1, -0.05) is 19.1 Å². The summed E-state index contributed by atoms with van der Waals surface area (Å²) in [4.78, 5) is 24.5. The molecule has 114 valence electrons. The summed E-state index contributed by atoms with van der Waals surface area (Å²) in [6.07, 6.45) is 10.9. The smallest absolute Gasteiger partial charge is 0.223 e. The number of nitrogens with zero attached hydrogens (tertiary/aromatic N) is 3. The summed E-state index contributed by atoms with van der Waals surface area (Å²) in [5.74, 6) is 1.71. The maximum absolute atomic E-state index is 12.5. The van der Waals surface area contributed by atoms with Crippen LogP contribution in [-0.4, -0.2) is 51.9 Å². The lowest BCUT2D eigenvalue weighted by molar-refractivity contribution is -0.135. The molecular formula is C16H24N4O. The first-order chi connectivity index (χ1) is 10.3. The maximum atomic E-state index is 12.5. The molecule has 1 aromatic heterocycles. The van der Waals surface area contributed by atoms with E-state index in [0.29, 0.717) is 18.2 Å². The van der Waals surface area contributed by atoms with Gasteiger partial charge in [0, 0.05) is 38.4 Å². The molecule has 3 rings (SSSR count). The quantitative estimate of drug-likeness (QED) is 0.862. The zero-order chi connectivity index (χ0) is 14.7. The highest BCUT2D eigenvalue weighted by atomic mass is 16.2. The molecule has 2 unspecified atom stereocenters. The number of carbonyl (C=O) groups excluding carboxylic acids is 1. The molecular weight excluding hydrogens is 264 g/mol. The van der Waals surface area contributed by atoms with Crippen LogP contribution in [0.1, 0.15) is 38.1 Å². The summed E-state index contributed by atoms with van der Waals surface area (Å²) in [7, 11) is 0. The molecule has 5 heteroatoms. The first-order valence-electron chi connectivity index (χ1n) is 7.95. The summed E-state index contributed by atoms with van der Waals surface area (Å²) in [5.41, 5.74) is 0. The van der Waals surface area contributed by atoms with E-state index in [0.717, 1.165) is 44.8 Å². The molecule has 0 saturated carbocycles. The lowest BCUT2D eigenvalue weighted by Crippen LogP contribution is -2.50. The van der Waals surface area contributed by atoms with Crippen molar-refractivity contribution >= 4 is 5.91 Å². The summed E-state index contributed by atoms with van der Waals surface area (Å²) < 4.78 is 0. The molecule has 1 saturated heterocycles. The Bertz CT molecular complexity index is 496. The van der Waals surface area contributed by atoms with Crippen molar-refractivity contribution in [3.63, 3.8) is 0 Å². The van der Waals surface area contributed by atoms with Crippen molar-refractivity contribution in [3.8, 4) is 0 Å². The second-order valence-corrected chi connectivity index (χ2v) is 5.93. The van der Waals surface area contributed by atoms with E-state index in [-0.39, 0.29) is 6.04 Å². The number of aromatic nitrogens is 2. The van der Waals surface area contributed by atoms with Gasteiger partial charge in [-0.2, -0.15) is 0 Å². The van der Waals surface area contributed by atoms with Gasteiger partial charge in [0.15, 0.2) is 0 Å². The Hall–Kier alpha value is -1.62. The van der Waals surface area contributed by atoms with E-state index in [1.807, 2.05) is 11.1 Å². The lowest BCUT2D eigenvalue weighted by atomic mass is 10.0. The van der Waals surface area contributed by atoms with Gasteiger partial charge in [-0.15, -0.1) is 0 Å². The minimum absolute atomic E-state index is 0.196. The molecule has 1 aromatic rings. The highest BCUT2D eigenvalue weighted by molar-refractivity contribution is 5.77.